The van der Waals surface area contributed by atoms with Gasteiger partial charge in [-0.25, -0.2) is 44.9 Å². The molecule has 20 heteroatoms. The third-order valence-corrected chi connectivity index (χ3v) is 12.9. The number of nitrogens with zero attached hydrogens (tertiary/aromatic N) is 9. The fourth-order valence-corrected chi connectivity index (χ4v) is 7.98. The molecule has 6 heterocycles. The molecule has 3 aromatic carbocycles. The Labute approximate surface area is 473 Å². The fraction of sp³-hybridized carbons (Fsp3) is 0.226. The van der Waals surface area contributed by atoms with Gasteiger partial charge in [-0.2, -0.15) is 0 Å². The second-order valence-electron chi connectivity index (χ2n) is 19.4. The first kappa shape index (κ1) is 55.1. The zero-order valence-electron chi connectivity index (χ0n) is 45.4. The molecule has 0 atom stereocenters. The van der Waals surface area contributed by atoms with E-state index in [4.69, 9.17) is 18.9 Å². The number of hydrogen-bond acceptors (Lipinski definition) is 17. The van der Waals surface area contributed by atoms with Crippen LogP contribution >= 0.6 is 0 Å². The van der Waals surface area contributed by atoms with Crippen LogP contribution in [0.25, 0.3) is 33.4 Å². The molecule has 3 aliphatic rings. The van der Waals surface area contributed by atoms with Crippen LogP contribution in [0.2, 0.25) is 0 Å². The molecule has 414 valence electrons. The monoisotopic (exact) mass is 1100 g/mol. The summed E-state index contributed by atoms with van der Waals surface area (Å²) < 4.78 is 21.4. The van der Waals surface area contributed by atoms with Gasteiger partial charge in [0.2, 0.25) is 5.95 Å². The summed E-state index contributed by atoms with van der Waals surface area (Å²) in [5, 5.41) is 11.3. The normalized spacial score (nSPS) is 13.1. The van der Waals surface area contributed by atoms with Gasteiger partial charge in [-0.05, 0) is 134 Å². The van der Waals surface area contributed by atoms with Crippen molar-refractivity contribution in [3.8, 4) is 56.9 Å². The highest BCUT2D eigenvalue weighted by molar-refractivity contribution is 6.04. The molecular formula is C62H59N13O7. The molecule has 0 bridgehead atoms. The summed E-state index contributed by atoms with van der Waals surface area (Å²) in [6.07, 6.45) is 22.6. The van der Waals surface area contributed by atoms with Gasteiger partial charge >= 0.3 is 12.0 Å². The van der Waals surface area contributed by atoms with Gasteiger partial charge in [-0.15, -0.1) is 0 Å². The Kier molecular flexibility index (Phi) is 17.9. The van der Waals surface area contributed by atoms with E-state index in [9.17, 15) is 14.4 Å². The first-order valence-corrected chi connectivity index (χ1v) is 26.9. The van der Waals surface area contributed by atoms with Gasteiger partial charge < -0.3 is 40.2 Å². The van der Waals surface area contributed by atoms with E-state index in [1.807, 2.05) is 66.7 Å². The van der Waals surface area contributed by atoms with Gasteiger partial charge in [0, 0.05) is 79.0 Å². The van der Waals surface area contributed by atoms with Crippen molar-refractivity contribution in [1.82, 2.24) is 44.9 Å². The number of rotatable bonds is 19. The third kappa shape index (κ3) is 15.7. The van der Waals surface area contributed by atoms with Crippen molar-refractivity contribution in [2.24, 2.45) is 0 Å². The van der Waals surface area contributed by atoms with Gasteiger partial charge in [0.25, 0.3) is 17.7 Å². The number of ether oxygens (including phenoxy) is 4. The Balaban J connectivity index is 0.000000138. The number of benzene rings is 3. The Bertz CT molecular complexity index is 3580. The first-order valence-electron chi connectivity index (χ1n) is 26.9. The topological polar surface area (TPSA) is 252 Å². The van der Waals surface area contributed by atoms with E-state index in [1.165, 1.54) is 69.8 Å². The summed E-state index contributed by atoms with van der Waals surface area (Å²) in [6.45, 7) is 2.85. The van der Waals surface area contributed by atoms with Crippen LogP contribution < -0.4 is 40.2 Å². The minimum atomic E-state index is -0.335. The Morgan fingerprint density at radius 1 is 0.439 bits per heavy atom. The van der Waals surface area contributed by atoms with Gasteiger partial charge in [0.1, 0.15) is 29.0 Å². The number of methoxy groups -OCH3 is 2. The zero-order valence-corrected chi connectivity index (χ0v) is 45.4. The maximum atomic E-state index is 12.4. The van der Waals surface area contributed by atoms with Crippen molar-refractivity contribution in [2.75, 3.05) is 42.0 Å². The molecule has 0 radical (unpaired) electrons. The van der Waals surface area contributed by atoms with Crippen molar-refractivity contribution in [3.05, 3.63) is 187 Å². The standard InChI is InChI=1S/C22H23N5O2.C20H18N4O3.C20H18N4O2/c1-2-10-23-22-25-13-17(14-26-22)21(28)27-20-9-6-16(12-24-20)15-4-3-5-19(11-15)29-18-7-8-18;1-26-20-22-11-15(12-23-20)19(25)24-18-8-5-14(10-21-18)13-3-2-4-17(9-13)27-16-6-7-16;1-26-20-22-11-17(12-23-20)19(25)24-18-8-7-16(10-21-18)15-4-2-3-14(9-15)13-5-6-13/h3-6,9,11-14,18H,2,7-8,10H2,1H3,(H,23,25,26)(H,24,27,28);2-5,8-12,16H,6-7H2,1H3,(H,21,24,25);2-4,7-13H,5-6H2,1H3,(H,21,24,25). The Morgan fingerprint density at radius 2 is 0.829 bits per heavy atom. The van der Waals surface area contributed by atoms with Crippen LogP contribution in [0.4, 0.5) is 23.4 Å². The summed E-state index contributed by atoms with van der Waals surface area (Å²) in [7, 11) is 2.94. The van der Waals surface area contributed by atoms with Crippen LogP contribution in [0.5, 0.6) is 23.5 Å². The molecule has 0 spiro atoms. The number of aromatic nitrogens is 9. The van der Waals surface area contributed by atoms with E-state index in [2.05, 4.69) is 97.3 Å². The molecule has 3 saturated carbocycles. The van der Waals surface area contributed by atoms with Crippen LogP contribution in [-0.2, 0) is 0 Å². The SMILES string of the molecule is CCCNc1ncc(C(=O)Nc2ccc(-c3cccc(OC4CC4)c3)cn2)cn1.COc1ncc(C(=O)Nc2ccc(-c3cccc(C4CC4)c3)cn2)cn1.COc1ncc(C(=O)Nc2ccc(-c3cccc(OC4CC4)c3)cn2)cn1. The number of hydrogen-bond donors (Lipinski definition) is 4. The molecule has 0 unspecified atom stereocenters. The molecule has 9 aromatic rings. The average Bonchev–Trinajstić information content (AvgIpc) is 4.47. The molecule has 3 fully saturated rings. The number of carbonyl (C=O) groups excluding carboxylic acids is 3. The molecule has 6 aromatic heterocycles. The van der Waals surface area contributed by atoms with Crippen LogP contribution in [0.3, 0.4) is 0 Å². The maximum absolute atomic E-state index is 12.4. The van der Waals surface area contributed by atoms with Crippen LogP contribution in [0.1, 0.15) is 94.4 Å². The number of pyridine rings is 3. The first-order chi connectivity index (χ1) is 40.1. The summed E-state index contributed by atoms with van der Waals surface area (Å²) >= 11 is 0. The lowest BCUT2D eigenvalue weighted by Crippen LogP contribution is -2.14. The summed E-state index contributed by atoms with van der Waals surface area (Å²) in [4.78, 5) is 73.9. The van der Waals surface area contributed by atoms with Crippen LogP contribution in [-0.4, -0.2) is 95.5 Å². The molecule has 3 amide bonds. The molecule has 82 heavy (non-hydrogen) atoms. The highest BCUT2D eigenvalue weighted by Crippen LogP contribution is 2.41. The van der Waals surface area contributed by atoms with Gasteiger partial charge in [0.15, 0.2) is 0 Å². The van der Waals surface area contributed by atoms with Crippen molar-refractivity contribution in [2.45, 2.75) is 70.0 Å². The smallest absolute Gasteiger partial charge is 0.316 e. The van der Waals surface area contributed by atoms with Crippen molar-refractivity contribution >= 4 is 41.1 Å². The summed E-state index contributed by atoms with van der Waals surface area (Å²) in [6, 6.07) is 36.0. The molecule has 0 saturated heterocycles. The Morgan fingerprint density at radius 3 is 1.18 bits per heavy atom. The zero-order chi connectivity index (χ0) is 56.6. The van der Waals surface area contributed by atoms with E-state index < -0.39 is 0 Å². The number of nitrogens with one attached hydrogen (secondary N) is 4. The van der Waals surface area contributed by atoms with Crippen molar-refractivity contribution < 1.29 is 33.3 Å². The van der Waals surface area contributed by atoms with E-state index in [0.717, 1.165) is 83.5 Å². The van der Waals surface area contributed by atoms with E-state index in [1.54, 1.807) is 36.8 Å². The van der Waals surface area contributed by atoms with Gasteiger partial charge in [-0.3, -0.25) is 14.4 Å². The van der Waals surface area contributed by atoms with Crippen molar-refractivity contribution in [1.29, 1.82) is 0 Å². The van der Waals surface area contributed by atoms with Gasteiger partial charge in [0.05, 0.1) is 43.1 Å². The lowest BCUT2D eigenvalue weighted by atomic mass is 10.0. The second kappa shape index (κ2) is 26.6. The van der Waals surface area contributed by atoms with E-state index in [-0.39, 0.29) is 29.7 Å². The average molecular weight is 1100 g/mol. The lowest BCUT2D eigenvalue weighted by Gasteiger charge is -2.08. The molecule has 0 aliphatic heterocycles. The number of carbonyl (C=O) groups is 3. The van der Waals surface area contributed by atoms with E-state index in [0.29, 0.717) is 58.2 Å². The predicted molar refractivity (Wildman–Crippen MR) is 310 cm³/mol. The molecule has 4 N–H and O–H groups in total. The molecule has 20 nitrogen and oxygen atoms in total. The predicted octanol–water partition coefficient (Wildman–Crippen LogP) is 11.2. The highest BCUT2D eigenvalue weighted by atomic mass is 16.5. The highest BCUT2D eigenvalue weighted by Gasteiger charge is 2.25. The number of amides is 3. The van der Waals surface area contributed by atoms with Gasteiger partial charge in [-0.1, -0.05) is 55.5 Å². The number of anilines is 4. The van der Waals surface area contributed by atoms with E-state index >= 15 is 0 Å². The van der Waals surface area contributed by atoms with Crippen molar-refractivity contribution in [3.63, 3.8) is 0 Å². The molecule has 3 aliphatic carbocycles. The second-order valence-corrected chi connectivity index (χ2v) is 19.4. The minimum Gasteiger partial charge on any atom is -0.490 e. The third-order valence-electron chi connectivity index (χ3n) is 12.9. The summed E-state index contributed by atoms with van der Waals surface area (Å²) in [5.74, 6) is 3.42. The largest absolute Gasteiger partial charge is 0.490 e. The Hall–Kier alpha value is -10.2. The summed E-state index contributed by atoms with van der Waals surface area (Å²) in [5.41, 5.74) is 8.55. The lowest BCUT2D eigenvalue weighted by molar-refractivity contribution is 0.101. The minimum absolute atomic E-state index is 0.210. The fourth-order valence-electron chi connectivity index (χ4n) is 7.98. The van der Waals surface area contributed by atoms with Crippen LogP contribution in [0, 0.1) is 0 Å². The quantitative estimate of drug-likeness (QED) is 0.0587. The van der Waals surface area contributed by atoms with Crippen LogP contribution in [0.15, 0.2) is 165 Å². The maximum Gasteiger partial charge on any atom is 0.316 e. The molecule has 12 rings (SSSR count). The molecular weight excluding hydrogens is 1040 g/mol.